The number of aromatic nitrogens is 1. The first kappa shape index (κ1) is 27.6. The molecule has 0 radical (unpaired) electrons. The maximum absolute atomic E-state index is 6.59. The summed E-state index contributed by atoms with van der Waals surface area (Å²) >= 11 is 1.85. The van der Waals surface area contributed by atoms with Gasteiger partial charge in [-0.1, -0.05) is 91.0 Å². The summed E-state index contributed by atoms with van der Waals surface area (Å²) in [6, 6.07) is 61.3. The number of benzene rings is 8. The molecule has 11 aromatic rings. The van der Waals surface area contributed by atoms with Crippen molar-refractivity contribution < 1.29 is 4.42 Å². The third kappa shape index (κ3) is 4.03. The Hall–Kier alpha value is -6.36. The third-order valence-electron chi connectivity index (χ3n) is 10.1. The van der Waals surface area contributed by atoms with Gasteiger partial charge >= 0.3 is 0 Å². The fraction of sp³-hybridized carbons (Fsp3) is 0. The topological polar surface area (TPSA) is 21.3 Å². The van der Waals surface area contributed by atoms with Crippen LogP contribution in [0.3, 0.4) is 0 Å². The van der Waals surface area contributed by atoms with E-state index in [1.807, 2.05) is 11.3 Å². The van der Waals surface area contributed by atoms with Crippen LogP contribution in [0.4, 0.5) is 17.1 Å². The lowest BCUT2D eigenvalue weighted by Crippen LogP contribution is -2.10. The van der Waals surface area contributed by atoms with E-state index < -0.39 is 0 Å². The van der Waals surface area contributed by atoms with Gasteiger partial charge < -0.3 is 13.9 Å². The SMILES string of the molecule is c1ccc(-n2c3ccccc3c3cc(N(c4ccc5c(c4)sc4ccccc45)c4cccc5oc6cc7ccccc7cc6c45)ccc32)cc1. The zero-order valence-corrected chi connectivity index (χ0v) is 27.7. The first-order valence-corrected chi connectivity index (χ1v) is 17.7. The van der Waals surface area contributed by atoms with E-state index in [2.05, 4.69) is 179 Å². The minimum absolute atomic E-state index is 0.877. The molecule has 0 amide bonds. The molecule has 0 bridgehead atoms. The highest BCUT2D eigenvalue weighted by atomic mass is 32.1. The van der Waals surface area contributed by atoms with Crippen molar-refractivity contribution >= 4 is 103 Å². The van der Waals surface area contributed by atoms with Gasteiger partial charge in [-0.15, -0.1) is 11.3 Å². The van der Waals surface area contributed by atoms with Crippen molar-refractivity contribution in [3.63, 3.8) is 0 Å². The van der Waals surface area contributed by atoms with E-state index in [-0.39, 0.29) is 0 Å². The second kappa shape index (κ2) is 10.6. The van der Waals surface area contributed by atoms with E-state index in [0.717, 1.165) is 44.7 Å². The summed E-state index contributed by atoms with van der Waals surface area (Å²) in [5.74, 6) is 0. The average Bonchev–Trinajstić information content (AvgIpc) is 3.83. The van der Waals surface area contributed by atoms with Gasteiger partial charge in [0.05, 0.1) is 22.1 Å². The van der Waals surface area contributed by atoms with Crippen LogP contribution in [0.2, 0.25) is 0 Å². The van der Waals surface area contributed by atoms with E-state index >= 15 is 0 Å². The quantitative estimate of drug-likeness (QED) is 0.188. The number of hydrogen-bond donors (Lipinski definition) is 0. The van der Waals surface area contributed by atoms with Crippen LogP contribution >= 0.6 is 11.3 Å². The first-order valence-electron chi connectivity index (χ1n) is 16.9. The Morgan fingerprint density at radius 3 is 2.04 bits per heavy atom. The van der Waals surface area contributed by atoms with Crippen molar-refractivity contribution in [2.24, 2.45) is 0 Å². The molecular formula is C46H28N2OS. The Kier molecular flexibility index (Phi) is 5.83. The molecule has 0 saturated carbocycles. The molecule has 0 atom stereocenters. The largest absolute Gasteiger partial charge is 0.456 e. The maximum atomic E-state index is 6.59. The van der Waals surface area contributed by atoms with Gasteiger partial charge in [-0.05, 0) is 89.6 Å². The fourth-order valence-corrected chi connectivity index (χ4v) is 9.05. The number of para-hydroxylation sites is 2. The molecular weight excluding hydrogens is 629 g/mol. The van der Waals surface area contributed by atoms with Crippen LogP contribution in [-0.4, -0.2) is 4.57 Å². The maximum Gasteiger partial charge on any atom is 0.137 e. The summed E-state index contributed by atoms with van der Waals surface area (Å²) in [6.07, 6.45) is 0. The van der Waals surface area contributed by atoms with Crippen molar-refractivity contribution in [1.29, 1.82) is 0 Å². The highest BCUT2D eigenvalue weighted by Crippen LogP contribution is 2.46. The summed E-state index contributed by atoms with van der Waals surface area (Å²) in [5, 5.41) is 9.63. The normalized spacial score (nSPS) is 12.0. The predicted octanol–water partition coefficient (Wildman–Crippen LogP) is 13.7. The molecule has 0 unspecified atom stereocenters. The van der Waals surface area contributed by atoms with Crippen LogP contribution in [0.25, 0.3) is 80.4 Å². The highest BCUT2D eigenvalue weighted by molar-refractivity contribution is 7.25. The van der Waals surface area contributed by atoms with Gasteiger partial charge in [-0.2, -0.15) is 0 Å². The standard InChI is InChI=1S/C46H28N2OS/c1-2-13-31(14-3-1)48-39-17-8-6-15-34(39)37-27-32(22-24-40(37)48)47(33-21-23-36-35-16-7-9-20-44(35)50-45(36)28-33)41-18-10-19-42-46(41)38-25-29-11-4-5-12-30(29)26-43(38)49-42/h1-28H. The molecule has 0 fully saturated rings. The molecule has 50 heavy (non-hydrogen) atoms. The molecule has 3 heterocycles. The van der Waals surface area contributed by atoms with Gasteiger partial charge in [0, 0.05) is 53.4 Å². The van der Waals surface area contributed by atoms with E-state index in [1.54, 1.807) is 0 Å². The number of rotatable bonds is 4. The van der Waals surface area contributed by atoms with Crippen molar-refractivity contribution in [3.8, 4) is 5.69 Å². The van der Waals surface area contributed by atoms with E-state index in [1.165, 1.54) is 52.8 Å². The first-order chi connectivity index (χ1) is 24.8. The molecule has 4 heteroatoms. The number of furan rings is 1. The van der Waals surface area contributed by atoms with Gasteiger partial charge in [-0.25, -0.2) is 0 Å². The number of nitrogens with zero attached hydrogens (tertiary/aromatic N) is 2. The van der Waals surface area contributed by atoms with Crippen LogP contribution in [-0.2, 0) is 0 Å². The van der Waals surface area contributed by atoms with Crippen LogP contribution in [0, 0.1) is 0 Å². The molecule has 3 aromatic heterocycles. The summed E-state index contributed by atoms with van der Waals surface area (Å²) in [5.41, 5.74) is 8.59. The Balaban J connectivity index is 1.21. The molecule has 3 nitrogen and oxygen atoms in total. The van der Waals surface area contributed by atoms with Crippen molar-refractivity contribution in [2.45, 2.75) is 0 Å². The molecule has 0 aliphatic rings. The van der Waals surface area contributed by atoms with Crippen LogP contribution < -0.4 is 4.90 Å². The fourth-order valence-electron chi connectivity index (χ4n) is 7.92. The Bertz CT molecular complexity index is 3110. The minimum atomic E-state index is 0.877. The monoisotopic (exact) mass is 656 g/mol. The predicted molar refractivity (Wildman–Crippen MR) is 213 cm³/mol. The molecule has 8 aromatic carbocycles. The Morgan fingerprint density at radius 1 is 0.440 bits per heavy atom. The lowest BCUT2D eigenvalue weighted by Gasteiger charge is -2.26. The molecule has 0 saturated heterocycles. The average molecular weight is 657 g/mol. The van der Waals surface area contributed by atoms with Crippen LogP contribution in [0.1, 0.15) is 0 Å². The van der Waals surface area contributed by atoms with E-state index in [4.69, 9.17) is 4.42 Å². The molecule has 0 aliphatic carbocycles. The van der Waals surface area contributed by atoms with E-state index in [0.29, 0.717) is 0 Å². The van der Waals surface area contributed by atoms with Crippen LogP contribution in [0.5, 0.6) is 0 Å². The molecule has 0 aliphatic heterocycles. The van der Waals surface area contributed by atoms with E-state index in [9.17, 15) is 0 Å². The number of fused-ring (bicyclic) bond motifs is 10. The van der Waals surface area contributed by atoms with Crippen molar-refractivity contribution in [2.75, 3.05) is 4.90 Å². The van der Waals surface area contributed by atoms with Gasteiger partial charge in [0.25, 0.3) is 0 Å². The zero-order chi connectivity index (χ0) is 32.8. The summed E-state index contributed by atoms with van der Waals surface area (Å²) in [4.78, 5) is 2.42. The van der Waals surface area contributed by atoms with Gasteiger partial charge in [0.1, 0.15) is 11.2 Å². The smallest absolute Gasteiger partial charge is 0.137 e. The number of thiophene rings is 1. The van der Waals surface area contributed by atoms with Crippen molar-refractivity contribution in [3.05, 3.63) is 170 Å². The van der Waals surface area contributed by atoms with Crippen molar-refractivity contribution in [1.82, 2.24) is 4.57 Å². The second-order valence-corrected chi connectivity index (χ2v) is 14.0. The Labute approximate surface area is 291 Å². The van der Waals surface area contributed by atoms with Gasteiger partial charge in [0.15, 0.2) is 0 Å². The highest BCUT2D eigenvalue weighted by Gasteiger charge is 2.22. The van der Waals surface area contributed by atoms with Crippen LogP contribution in [0.15, 0.2) is 174 Å². The lowest BCUT2D eigenvalue weighted by molar-refractivity contribution is 0.669. The number of anilines is 3. The summed E-state index contributed by atoms with van der Waals surface area (Å²) in [7, 11) is 0. The summed E-state index contributed by atoms with van der Waals surface area (Å²) in [6.45, 7) is 0. The Morgan fingerprint density at radius 2 is 1.14 bits per heavy atom. The molecule has 234 valence electrons. The van der Waals surface area contributed by atoms with Gasteiger partial charge in [-0.3, -0.25) is 0 Å². The second-order valence-electron chi connectivity index (χ2n) is 13.0. The molecule has 0 N–H and O–H groups in total. The minimum Gasteiger partial charge on any atom is -0.456 e. The number of hydrogen-bond acceptors (Lipinski definition) is 3. The zero-order valence-electron chi connectivity index (χ0n) is 26.9. The summed E-state index contributed by atoms with van der Waals surface area (Å²) < 4.78 is 11.5. The molecule has 0 spiro atoms. The molecule has 11 rings (SSSR count). The van der Waals surface area contributed by atoms with Gasteiger partial charge in [0.2, 0.25) is 0 Å². The third-order valence-corrected chi connectivity index (χ3v) is 11.3. The lowest BCUT2D eigenvalue weighted by atomic mass is 10.0.